The number of hydrogen-bond donors (Lipinski definition) is 5. The number of alkyl halides is 4. The van der Waals surface area contributed by atoms with Crippen molar-refractivity contribution < 1.29 is 41.4 Å². The van der Waals surface area contributed by atoms with E-state index in [-0.39, 0.29) is 17.8 Å². The van der Waals surface area contributed by atoms with E-state index in [1.54, 1.807) is 0 Å². The lowest BCUT2D eigenvalue weighted by molar-refractivity contribution is -0.137. The molecule has 0 spiro atoms. The van der Waals surface area contributed by atoms with Crippen molar-refractivity contribution in [2.45, 2.75) is 72.1 Å². The van der Waals surface area contributed by atoms with Crippen LogP contribution in [0, 0.1) is 11.7 Å². The summed E-state index contributed by atoms with van der Waals surface area (Å²) in [6.07, 6.45) is -0.969. The standard InChI is InChI=1S/C32H38F4N4O2S.C2H6.CH3F.CH4O.CH2O/c1-4-22(31(41)39-27-13-11-24(19-26(27)33)32(34,35)36)8-6-5-7-21-9-12-25(30(17-21)42-16-15-37-43)23-10-14-29-28(18-23)38-20(2)40(29)3;4*1-2/h9-14,17-20,22,37-38,43H,4-8,15-16H2,1-3H3,(H,39,41);1-2H3;1H3;2H,1H3;1H2. The van der Waals surface area contributed by atoms with Crippen LogP contribution in [0.1, 0.15) is 64.5 Å². The Morgan fingerprint density at radius 1 is 1.06 bits per heavy atom. The van der Waals surface area contributed by atoms with Crippen LogP contribution in [0.5, 0.6) is 5.75 Å². The van der Waals surface area contributed by atoms with E-state index in [4.69, 9.17) is 14.6 Å². The van der Waals surface area contributed by atoms with Gasteiger partial charge in [0.05, 0.1) is 36.0 Å². The minimum atomic E-state index is -4.65. The molecule has 1 amide bonds. The summed E-state index contributed by atoms with van der Waals surface area (Å²) in [5, 5.41) is 13.0. The van der Waals surface area contributed by atoms with Crippen LogP contribution in [0.4, 0.5) is 39.0 Å². The number of amides is 1. The Morgan fingerprint density at radius 2 is 1.73 bits per heavy atom. The van der Waals surface area contributed by atoms with E-state index >= 15 is 0 Å². The average molecular weight is 745 g/mol. The summed E-state index contributed by atoms with van der Waals surface area (Å²) in [7, 11) is 3.56. The molecule has 4 rings (SSSR count). The normalized spacial score (nSPS) is 13.2. The number of aliphatic hydroxyl groups excluding tert-OH is 1. The van der Waals surface area contributed by atoms with Crippen molar-refractivity contribution >= 4 is 42.6 Å². The Kier molecular flexibility index (Phi) is 23.2. The van der Waals surface area contributed by atoms with Gasteiger partial charge in [0.1, 0.15) is 25.0 Å². The van der Waals surface area contributed by atoms with Crippen molar-refractivity contribution in [3.05, 3.63) is 71.5 Å². The van der Waals surface area contributed by atoms with E-state index in [0.717, 1.165) is 72.3 Å². The summed E-state index contributed by atoms with van der Waals surface area (Å²) < 4.78 is 71.1. The molecule has 1 aliphatic rings. The van der Waals surface area contributed by atoms with Crippen molar-refractivity contribution in [3.63, 3.8) is 0 Å². The van der Waals surface area contributed by atoms with Crippen molar-refractivity contribution in [3.8, 4) is 16.9 Å². The molecule has 14 heteroatoms. The number of nitrogens with zero attached hydrogens (tertiary/aromatic N) is 1. The Labute approximate surface area is 304 Å². The fourth-order valence-electron chi connectivity index (χ4n) is 5.21. The van der Waals surface area contributed by atoms with Crippen molar-refractivity contribution in [2.24, 2.45) is 5.92 Å². The Bertz CT molecular complexity index is 1450. The van der Waals surface area contributed by atoms with E-state index in [2.05, 4.69) is 83.4 Å². The highest BCUT2D eigenvalue weighted by molar-refractivity contribution is 7.78. The molecule has 3 aromatic rings. The number of halogens is 5. The first-order chi connectivity index (χ1) is 24.5. The third-order valence-electron chi connectivity index (χ3n) is 7.84. The second-order valence-electron chi connectivity index (χ2n) is 10.8. The Morgan fingerprint density at radius 3 is 2.31 bits per heavy atom. The average Bonchev–Trinajstić information content (AvgIpc) is 3.43. The van der Waals surface area contributed by atoms with Crippen LogP contribution in [0.15, 0.2) is 54.6 Å². The van der Waals surface area contributed by atoms with Gasteiger partial charge in [-0.2, -0.15) is 13.2 Å². The quantitative estimate of drug-likeness (QED) is 0.0677. The van der Waals surface area contributed by atoms with Gasteiger partial charge in [-0.1, -0.05) is 58.2 Å². The Balaban J connectivity index is 0.00000292. The summed E-state index contributed by atoms with van der Waals surface area (Å²) in [5.41, 5.74) is 4.03. The van der Waals surface area contributed by atoms with Gasteiger partial charge in [-0.05, 0) is 80.1 Å². The van der Waals surface area contributed by atoms with Crippen molar-refractivity contribution in [1.29, 1.82) is 0 Å². The third-order valence-corrected chi connectivity index (χ3v) is 8.06. The van der Waals surface area contributed by atoms with Gasteiger partial charge in [-0.3, -0.25) is 13.9 Å². The molecule has 1 heterocycles. The lowest BCUT2D eigenvalue weighted by Crippen LogP contribution is -2.28. The van der Waals surface area contributed by atoms with Gasteiger partial charge < -0.3 is 30.2 Å². The second-order valence-corrected chi connectivity index (χ2v) is 11.1. The first kappa shape index (κ1) is 47.1. The third kappa shape index (κ3) is 14.3. The highest BCUT2D eigenvalue weighted by Crippen LogP contribution is 2.39. The summed E-state index contributed by atoms with van der Waals surface area (Å²) in [6.45, 7) is 11.0. The first-order valence-corrected chi connectivity index (χ1v) is 17.0. The summed E-state index contributed by atoms with van der Waals surface area (Å²) >= 11 is 4.06. The molecule has 4 N–H and O–H groups in total. The number of thiol groups is 1. The van der Waals surface area contributed by atoms with E-state index in [1.165, 1.54) is 0 Å². The maximum Gasteiger partial charge on any atom is 0.416 e. The van der Waals surface area contributed by atoms with E-state index in [9.17, 15) is 26.7 Å². The molecular weight excluding hydrogens is 691 g/mol. The van der Waals surface area contributed by atoms with Gasteiger partial charge in [0, 0.05) is 32.2 Å². The minimum absolute atomic E-state index is 0.217. The van der Waals surface area contributed by atoms with Crippen LogP contribution < -0.4 is 25.0 Å². The number of carbonyl (C=O) groups is 2. The minimum Gasteiger partial charge on any atom is -0.492 e. The number of aliphatic hydroxyl groups is 1. The molecule has 0 aromatic heterocycles. The predicted molar refractivity (Wildman–Crippen MR) is 201 cm³/mol. The van der Waals surface area contributed by atoms with Crippen LogP contribution in [0.25, 0.3) is 11.1 Å². The van der Waals surface area contributed by atoms with Gasteiger partial charge in [-0.25, -0.2) is 4.39 Å². The summed E-state index contributed by atoms with van der Waals surface area (Å²) in [5.74, 6) is -1.11. The molecule has 0 fully saturated rings. The summed E-state index contributed by atoms with van der Waals surface area (Å²) in [6, 6.07) is 14.7. The molecule has 3 aromatic carbocycles. The van der Waals surface area contributed by atoms with Crippen LogP contribution in [0.3, 0.4) is 0 Å². The van der Waals surface area contributed by atoms with Crippen molar-refractivity contribution in [2.75, 3.05) is 50.0 Å². The number of rotatable bonds is 13. The molecule has 2 unspecified atom stereocenters. The van der Waals surface area contributed by atoms with Crippen LogP contribution in [-0.2, 0) is 22.2 Å². The van der Waals surface area contributed by atoms with Gasteiger partial charge in [0.25, 0.3) is 0 Å². The number of benzene rings is 3. The fourth-order valence-corrected chi connectivity index (χ4v) is 5.30. The lowest BCUT2D eigenvalue weighted by Gasteiger charge is -2.17. The maximum atomic E-state index is 14.2. The molecule has 286 valence electrons. The Hall–Kier alpha value is -3.88. The lowest BCUT2D eigenvalue weighted by atomic mass is 9.95. The van der Waals surface area contributed by atoms with E-state index in [0.29, 0.717) is 39.2 Å². The number of aryl methyl sites for hydroxylation is 1. The maximum absolute atomic E-state index is 14.2. The summed E-state index contributed by atoms with van der Waals surface area (Å²) in [4.78, 5) is 22.9. The van der Waals surface area contributed by atoms with Gasteiger partial charge in [-0.15, -0.1) is 0 Å². The molecular formula is C37H53F5N4O4S. The number of fused-ring (bicyclic) bond motifs is 1. The SMILES string of the molecule is C=O.CC.CCC(CCCCc1ccc(-c2ccc3c(c2)NC(C)N3C)c(OCCNS)c1)C(=O)Nc1ccc(C(F)(F)F)cc1F.CF.CO. The molecule has 0 aliphatic carbocycles. The van der Waals surface area contributed by atoms with Gasteiger partial charge in [0.2, 0.25) is 5.91 Å². The molecule has 2 atom stereocenters. The van der Waals surface area contributed by atoms with Crippen LogP contribution >= 0.6 is 12.8 Å². The second kappa shape index (κ2) is 25.1. The monoisotopic (exact) mass is 744 g/mol. The fraction of sp³-hybridized carbons (Fsp3) is 0.459. The molecule has 8 nitrogen and oxygen atoms in total. The number of hydrogen-bond acceptors (Lipinski definition) is 8. The van der Waals surface area contributed by atoms with E-state index in [1.807, 2.05) is 27.6 Å². The molecule has 0 saturated heterocycles. The number of unbranched alkanes of at least 4 members (excludes halogenated alkanes) is 1. The highest BCUT2D eigenvalue weighted by Gasteiger charge is 2.31. The molecule has 0 radical (unpaired) electrons. The number of carbonyl (C=O) groups excluding carboxylic acids is 2. The highest BCUT2D eigenvalue weighted by atomic mass is 32.1. The predicted octanol–water partition coefficient (Wildman–Crippen LogP) is 8.95. The van der Waals surface area contributed by atoms with Crippen LogP contribution in [0.2, 0.25) is 0 Å². The molecule has 1 aliphatic heterocycles. The first-order valence-electron chi connectivity index (χ1n) is 16.6. The molecule has 0 saturated carbocycles. The zero-order valence-corrected chi connectivity index (χ0v) is 31.4. The number of anilines is 3. The zero-order chi connectivity index (χ0) is 39.1. The zero-order valence-electron chi connectivity index (χ0n) is 30.5. The van der Waals surface area contributed by atoms with Crippen LogP contribution in [-0.4, -0.2) is 58.5 Å². The van der Waals surface area contributed by atoms with Crippen molar-refractivity contribution in [1.82, 2.24) is 4.72 Å². The molecule has 0 bridgehead atoms. The van der Waals surface area contributed by atoms with Gasteiger partial charge in [0.15, 0.2) is 0 Å². The topological polar surface area (TPSA) is 103 Å². The van der Waals surface area contributed by atoms with E-state index < -0.39 is 23.5 Å². The smallest absolute Gasteiger partial charge is 0.416 e. The number of ether oxygens (including phenoxy) is 1. The largest absolute Gasteiger partial charge is 0.492 e. The molecule has 51 heavy (non-hydrogen) atoms. The van der Waals surface area contributed by atoms with Gasteiger partial charge >= 0.3 is 6.18 Å². The number of nitrogens with one attached hydrogen (secondary N) is 3.